The lowest BCUT2D eigenvalue weighted by molar-refractivity contribution is 0.250. The number of aliphatic hydroxyl groups is 1. The molecule has 4 heteroatoms. The lowest BCUT2D eigenvalue weighted by atomic mass is 10.1. The maximum Gasteiger partial charge on any atom is 0.319 e. The average molecular weight is 260 g/mol. The molecule has 19 heavy (non-hydrogen) atoms. The smallest absolute Gasteiger partial charge is 0.319 e. The molecule has 2 amide bonds. The summed E-state index contributed by atoms with van der Waals surface area (Å²) < 4.78 is 0. The third-order valence-electron chi connectivity index (χ3n) is 2.30. The standard InChI is InChI=1S/C15H20N2O2/c1-11(2)16-15(19)17-14-8-7-12(3)10-13(14)6-4-5-9-18/h7-8,10-11,18H,5,9H2,1-3H3,(H2,16,17,19). The SMILES string of the molecule is Cc1ccc(NC(=O)NC(C)C)c(C#CCCO)c1. The van der Waals surface area contributed by atoms with Crippen LogP contribution in [0.15, 0.2) is 18.2 Å². The van der Waals surface area contributed by atoms with Crippen molar-refractivity contribution in [1.29, 1.82) is 0 Å². The van der Waals surface area contributed by atoms with Crippen molar-refractivity contribution in [2.45, 2.75) is 33.2 Å². The molecular formula is C15H20N2O2. The number of aliphatic hydroxyl groups excluding tert-OH is 1. The monoisotopic (exact) mass is 260 g/mol. The van der Waals surface area contributed by atoms with Crippen molar-refractivity contribution >= 4 is 11.7 Å². The highest BCUT2D eigenvalue weighted by atomic mass is 16.2. The minimum atomic E-state index is -0.246. The molecule has 3 N–H and O–H groups in total. The van der Waals surface area contributed by atoms with Gasteiger partial charge in [-0.3, -0.25) is 0 Å². The number of amides is 2. The molecule has 0 fully saturated rings. The van der Waals surface area contributed by atoms with Crippen LogP contribution in [0.1, 0.15) is 31.4 Å². The number of benzene rings is 1. The summed E-state index contributed by atoms with van der Waals surface area (Å²) in [6.45, 7) is 5.80. The first-order chi connectivity index (χ1) is 9.02. The number of hydrogen-bond donors (Lipinski definition) is 3. The van der Waals surface area contributed by atoms with Crippen molar-refractivity contribution in [2.24, 2.45) is 0 Å². The van der Waals surface area contributed by atoms with Gasteiger partial charge in [0, 0.05) is 18.0 Å². The maximum absolute atomic E-state index is 11.7. The molecule has 4 nitrogen and oxygen atoms in total. The van der Waals surface area contributed by atoms with Crippen LogP contribution in [0.5, 0.6) is 0 Å². The van der Waals surface area contributed by atoms with E-state index in [0.717, 1.165) is 11.1 Å². The molecule has 0 radical (unpaired) electrons. The molecule has 1 rings (SSSR count). The topological polar surface area (TPSA) is 61.4 Å². The van der Waals surface area contributed by atoms with Crippen molar-refractivity contribution in [2.75, 3.05) is 11.9 Å². The second-order valence-corrected chi connectivity index (χ2v) is 4.58. The Hall–Kier alpha value is -1.99. The molecule has 1 aromatic rings. The molecule has 0 bridgehead atoms. The molecule has 102 valence electrons. The molecule has 0 saturated heterocycles. The summed E-state index contributed by atoms with van der Waals surface area (Å²) in [6, 6.07) is 5.49. The summed E-state index contributed by atoms with van der Waals surface area (Å²) in [6.07, 6.45) is 0.422. The van der Waals surface area contributed by atoms with Crippen LogP contribution >= 0.6 is 0 Å². The zero-order valence-corrected chi connectivity index (χ0v) is 11.6. The van der Waals surface area contributed by atoms with Crippen molar-refractivity contribution in [3.8, 4) is 11.8 Å². The van der Waals surface area contributed by atoms with Gasteiger partial charge in [-0.2, -0.15) is 0 Å². The van der Waals surface area contributed by atoms with E-state index in [9.17, 15) is 4.79 Å². The molecule has 0 spiro atoms. The maximum atomic E-state index is 11.7. The van der Waals surface area contributed by atoms with E-state index in [1.165, 1.54) is 0 Å². The van der Waals surface area contributed by atoms with Crippen LogP contribution in [0.3, 0.4) is 0 Å². The molecule has 0 saturated carbocycles. The Morgan fingerprint density at radius 3 is 2.79 bits per heavy atom. The minimum absolute atomic E-state index is 0.0371. The Balaban J connectivity index is 2.88. The molecule has 1 aromatic carbocycles. The number of nitrogens with one attached hydrogen (secondary N) is 2. The van der Waals surface area contributed by atoms with Crippen LogP contribution < -0.4 is 10.6 Å². The van der Waals surface area contributed by atoms with Gasteiger partial charge in [-0.25, -0.2) is 4.79 Å². The van der Waals surface area contributed by atoms with Gasteiger partial charge in [0.05, 0.1) is 12.3 Å². The number of urea groups is 1. The normalized spacial score (nSPS) is 9.74. The highest BCUT2D eigenvalue weighted by Gasteiger charge is 2.06. The molecule has 0 aliphatic heterocycles. The zero-order valence-electron chi connectivity index (χ0n) is 11.6. The number of rotatable bonds is 3. The first-order valence-electron chi connectivity index (χ1n) is 6.31. The van der Waals surface area contributed by atoms with E-state index in [1.54, 1.807) is 0 Å². The lowest BCUT2D eigenvalue weighted by Crippen LogP contribution is -2.34. The van der Waals surface area contributed by atoms with Crippen LogP contribution in [0.4, 0.5) is 10.5 Å². The Bertz CT molecular complexity index is 499. The number of carbonyl (C=O) groups is 1. The Morgan fingerprint density at radius 2 is 2.16 bits per heavy atom. The van der Waals surface area contributed by atoms with Crippen LogP contribution in [0.25, 0.3) is 0 Å². The highest BCUT2D eigenvalue weighted by Crippen LogP contribution is 2.16. The molecule has 0 atom stereocenters. The van der Waals surface area contributed by atoms with E-state index in [1.807, 2.05) is 39.0 Å². The third-order valence-corrected chi connectivity index (χ3v) is 2.30. The first kappa shape index (κ1) is 15.1. The number of aryl methyl sites for hydroxylation is 1. The second kappa shape index (κ2) is 7.45. The minimum Gasteiger partial charge on any atom is -0.395 e. The predicted octanol–water partition coefficient (Wildman–Crippen LogP) is 2.26. The number of hydrogen-bond acceptors (Lipinski definition) is 2. The molecule has 0 aromatic heterocycles. The Kier molecular flexibility index (Phi) is 5.91. The van der Waals surface area contributed by atoms with Gasteiger partial charge in [0.2, 0.25) is 0 Å². The fourth-order valence-electron chi connectivity index (χ4n) is 1.50. The molecule has 0 heterocycles. The van der Waals surface area contributed by atoms with E-state index in [4.69, 9.17) is 5.11 Å². The van der Waals surface area contributed by atoms with E-state index >= 15 is 0 Å². The van der Waals surface area contributed by atoms with Gasteiger partial charge in [-0.15, -0.1) is 0 Å². The molecular weight excluding hydrogens is 240 g/mol. The summed E-state index contributed by atoms with van der Waals surface area (Å²) in [7, 11) is 0. The molecule has 0 aliphatic rings. The van der Waals surface area contributed by atoms with Gasteiger partial charge in [0.1, 0.15) is 0 Å². The first-order valence-corrected chi connectivity index (χ1v) is 6.31. The molecule has 0 unspecified atom stereocenters. The highest BCUT2D eigenvalue weighted by molar-refractivity contribution is 5.91. The third kappa shape index (κ3) is 5.45. The van der Waals surface area contributed by atoms with Crippen LogP contribution in [0.2, 0.25) is 0 Å². The van der Waals surface area contributed by atoms with E-state index in [-0.39, 0.29) is 18.7 Å². The zero-order chi connectivity index (χ0) is 14.3. The van der Waals surface area contributed by atoms with E-state index < -0.39 is 0 Å². The summed E-state index contributed by atoms with van der Waals surface area (Å²) >= 11 is 0. The van der Waals surface area contributed by atoms with Gasteiger partial charge in [-0.05, 0) is 38.5 Å². The number of carbonyl (C=O) groups excluding carboxylic acids is 1. The van der Waals surface area contributed by atoms with Gasteiger partial charge in [-0.1, -0.05) is 17.9 Å². The lowest BCUT2D eigenvalue weighted by Gasteiger charge is -2.11. The average Bonchev–Trinajstić information content (AvgIpc) is 2.32. The van der Waals surface area contributed by atoms with Gasteiger partial charge in [0.15, 0.2) is 0 Å². The summed E-state index contributed by atoms with van der Waals surface area (Å²) in [5.74, 6) is 5.82. The van der Waals surface area contributed by atoms with Crippen molar-refractivity contribution in [3.05, 3.63) is 29.3 Å². The Labute approximate surface area is 114 Å². The van der Waals surface area contributed by atoms with Gasteiger partial charge in [0.25, 0.3) is 0 Å². The second-order valence-electron chi connectivity index (χ2n) is 4.58. The van der Waals surface area contributed by atoms with Crippen molar-refractivity contribution in [3.63, 3.8) is 0 Å². The van der Waals surface area contributed by atoms with Gasteiger partial charge >= 0.3 is 6.03 Å². The predicted molar refractivity (Wildman–Crippen MR) is 77.1 cm³/mol. The summed E-state index contributed by atoms with van der Waals surface area (Å²) in [5.41, 5.74) is 2.50. The Morgan fingerprint density at radius 1 is 1.42 bits per heavy atom. The van der Waals surface area contributed by atoms with Crippen molar-refractivity contribution < 1.29 is 9.90 Å². The fraction of sp³-hybridized carbons (Fsp3) is 0.400. The quantitative estimate of drug-likeness (QED) is 0.730. The van der Waals surface area contributed by atoms with Crippen LogP contribution in [-0.2, 0) is 0 Å². The van der Waals surface area contributed by atoms with Crippen LogP contribution in [-0.4, -0.2) is 23.8 Å². The largest absolute Gasteiger partial charge is 0.395 e. The van der Waals surface area contributed by atoms with Crippen LogP contribution in [0, 0.1) is 18.8 Å². The van der Waals surface area contributed by atoms with E-state index in [2.05, 4.69) is 22.5 Å². The summed E-state index contributed by atoms with van der Waals surface area (Å²) in [4.78, 5) is 11.7. The van der Waals surface area contributed by atoms with E-state index in [0.29, 0.717) is 12.1 Å². The number of anilines is 1. The fourth-order valence-corrected chi connectivity index (χ4v) is 1.50. The molecule has 0 aliphatic carbocycles. The van der Waals surface area contributed by atoms with Crippen molar-refractivity contribution in [1.82, 2.24) is 5.32 Å². The van der Waals surface area contributed by atoms with Gasteiger partial charge < -0.3 is 15.7 Å². The summed E-state index contributed by atoms with van der Waals surface area (Å²) in [5, 5.41) is 14.3.